The Kier molecular flexibility index (Phi) is 5.18. The van der Waals surface area contributed by atoms with E-state index in [0.717, 1.165) is 5.56 Å². The zero-order chi connectivity index (χ0) is 17.1. The maximum absolute atomic E-state index is 12.6. The summed E-state index contributed by atoms with van der Waals surface area (Å²) in [7, 11) is 1.47. The fourth-order valence-electron chi connectivity index (χ4n) is 2.46. The standard InChI is InChI=1S/C16H15Cl2N3O3/c1-23-16-19-7-11(8-20-16)15(22)21-4-5-24-14(9-21)10-2-3-12(17)13(18)6-10/h2-3,6-8,14H,4-5,9H2,1H3/t14-/m1/s1. The van der Waals surface area contributed by atoms with Gasteiger partial charge in [0.1, 0.15) is 6.10 Å². The minimum Gasteiger partial charge on any atom is -0.467 e. The van der Waals surface area contributed by atoms with E-state index in [-0.39, 0.29) is 18.0 Å². The molecule has 0 aliphatic carbocycles. The van der Waals surface area contributed by atoms with E-state index in [4.69, 9.17) is 32.7 Å². The summed E-state index contributed by atoms with van der Waals surface area (Å²) in [5, 5.41) is 0.948. The van der Waals surface area contributed by atoms with E-state index in [1.54, 1.807) is 17.0 Å². The van der Waals surface area contributed by atoms with E-state index in [0.29, 0.717) is 35.3 Å². The minimum absolute atomic E-state index is 0.147. The molecule has 1 aliphatic heterocycles. The smallest absolute Gasteiger partial charge is 0.316 e. The fraction of sp³-hybridized carbons (Fsp3) is 0.312. The average molecular weight is 368 g/mol. The van der Waals surface area contributed by atoms with Gasteiger partial charge in [0.25, 0.3) is 5.91 Å². The number of amides is 1. The monoisotopic (exact) mass is 367 g/mol. The molecular formula is C16H15Cl2N3O3. The van der Waals surface area contributed by atoms with Gasteiger partial charge in [-0.1, -0.05) is 29.3 Å². The lowest BCUT2D eigenvalue weighted by molar-refractivity contribution is -0.0228. The third-order valence-corrected chi connectivity index (χ3v) is 4.47. The summed E-state index contributed by atoms with van der Waals surface area (Å²) >= 11 is 12.0. The summed E-state index contributed by atoms with van der Waals surface area (Å²) in [6.07, 6.45) is 2.66. The van der Waals surface area contributed by atoms with Crippen LogP contribution in [-0.2, 0) is 4.74 Å². The van der Waals surface area contributed by atoms with Crippen LogP contribution in [0.3, 0.4) is 0 Å². The average Bonchev–Trinajstić information content (AvgIpc) is 2.63. The highest BCUT2D eigenvalue weighted by atomic mass is 35.5. The van der Waals surface area contributed by atoms with Crippen molar-refractivity contribution in [3.05, 3.63) is 51.8 Å². The Morgan fingerprint density at radius 2 is 2.04 bits per heavy atom. The van der Waals surface area contributed by atoms with E-state index < -0.39 is 0 Å². The summed E-state index contributed by atoms with van der Waals surface area (Å²) in [5.41, 5.74) is 1.29. The number of carbonyl (C=O) groups is 1. The Hall–Kier alpha value is -1.89. The number of hydrogen-bond donors (Lipinski definition) is 0. The van der Waals surface area contributed by atoms with Crippen molar-refractivity contribution in [2.45, 2.75) is 6.10 Å². The van der Waals surface area contributed by atoms with Crippen molar-refractivity contribution in [3.63, 3.8) is 0 Å². The van der Waals surface area contributed by atoms with E-state index >= 15 is 0 Å². The van der Waals surface area contributed by atoms with Gasteiger partial charge in [0, 0.05) is 18.9 Å². The Morgan fingerprint density at radius 1 is 1.29 bits per heavy atom. The van der Waals surface area contributed by atoms with Gasteiger partial charge in [0.05, 0.1) is 35.9 Å². The largest absolute Gasteiger partial charge is 0.467 e. The molecule has 2 heterocycles. The van der Waals surface area contributed by atoms with E-state index in [9.17, 15) is 4.79 Å². The number of nitrogens with zero attached hydrogens (tertiary/aromatic N) is 3. The molecule has 3 rings (SSSR count). The number of carbonyl (C=O) groups excluding carboxylic acids is 1. The van der Waals surface area contributed by atoms with Crippen LogP contribution in [0.25, 0.3) is 0 Å². The normalized spacial score (nSPS) is 17.6. The van der Waals surface area contributed by atoms with E-state index in [1.165, 1.54) is 19.5 Å². The van der Waals surface area contributed by atoms with Gasteiger partial charge in [-0.15, -0.1) is 0 Å². The van der Waals surface area contributed by atoms with Crippen molar-refractivity contribution in [3.8, 4) is 6.01 Å². The minimum atomic E-state index is -0.253. The van der Waals surface area contributed by atoms with Crippen LogP contribution in [0.15, 0.2) is 30.6 Å². The maximum Gasteiger partial charge on any atom is 0.316 e. The highest BCUT2D eigenvalue weighted by Gasteiger charge is 2.27. The van der Waals surface area contributed by atoms with Crippen LogP contribution >= 0.6 is 23.2 Å². The molecule has 0 N–H and O–H groups in total. The summed E-state index contributed by atoms with van der Waals surface area (Å²) in [6.45, 7) is 1.36. The zero-order valence-corrected chi connectivity index (χ0v) is 14.4. The van der Waals surface area contributed by atoms with Crippen molar-refractivity contribution < 1.29 is 14.3 Å². The lowest BCUT2D eigenvalue weighted by Gasteiger charge is -2.33. The number of aromatic nitrogens is 2. The second kappa shape index (κ2) is 7.34. The topological polar surface area (TPSA) is 64.5 Å². The molecule has 1 aliphatic rings. The summed E-state index contributed by atoms with van der Waals surface area (Å²) in [4.78, 5) is 22.2. The van der Waals surface area contributed by atoms with Crippen LogP contribution in [0.2, 0.25) is 10.0 Å². The predicted octanol–water partition coefficient (Wildman–Crippen LogP) is 3.01. The van der Waals surface area contributed by atoms with Crippen LogP contribution < -0.4 is 4.74 Å². The Labute approximate surface area is 149 Å². The molecule has 1 aromatic carbocycles. The molecular weight excluding hydrogens is 353 g/mol. The zero-order valence-electron chi connectivity index (χ0n) is 12.9. The lowest BCUT2D eigenvalue weighted by atomic mass is 10.1. The summed E-state index contributed by atoms with van der Waals surface area (Å²) < 4.78 is 10.7. The van der Waals surface area contributed by atoms with Crippen LogP contribution in [0.5, 0.6) is 6.01 Å². The van der Waals surface area contributed by atoms with E-state index in [2.05, 4.69) is 9.97 Å². The van der Waals surface area contributed by atoms with Crippen molar-refractivity contribution in [2.24, 2.45) is 0 Å². The van der Waals surface area contributed by atoms with Crippen molar-refractivity contribution in [1.82, 2.24) is 14.9 Å². The molecule has 2 aromatic rings. The molecule has 1 fully saturated rings. The number of hydrogen-bond acceptors (Lipinski definition) is 5. The van der Waals surface area contributed by atoms with Crippen LogP contribution in [-0.4, -0.2) is 47.6 Å². The second-order valence-electron chi connectivity index (χ2n) is 5.24. The number of halogens is 2. The number of morpholine rings is 1. The Bertz CT molecular complexity index is 740. The molecule has 1 amide bonds. The predicted molar refractivity (Wildman–Crippen MR) is 89.6 cm³/mol. The number of benzene rings is 1. The molecule has 0 radical (unpaired) electrons. The van der Waals surface area contributed by atoms with Crippen LogP contribution in [0.1, 0.15) is 22.0 Å². The number of rotatable bonds is 3. The fourth-order valence-corrected chi connectivity index (χ4v) is 2.77. The first-order valence-corrected chi connectivity index (χ1v) is 8.06. The number of methoxy groups -OCH3 is 1. The van der Waals surface area contributed by atoms with Gasteiger partial charge in [-0.25, -0.2) is 9.97 Å². The van der Waals surface area contributed by atoms with Gasteiger partial charge in [-0.05, 0) is 17.7 Å². The van der Waals surface area contributed by atoms with Gasteiger partial charge < -0.3 is 14.4 Å². The second-order valence-corrected chi connectivity index (χ2v) is 6.06. The van der Waals surface area contributed by atoms with Crippen molar-refractivity contribution in [2.75, 3.05) is 26.8 Å². The van der Waals surface area contributed by atoms with Gasteiger partial charge in [-0.2, -0.15) is 0 Å². The highest BCUT2D eigenvalue weighted by Crippen LogP contribution is 2.29. The van der Waals surface area contributed by atoms with Gasteiger partial charge in [0.2, 0.25) is 0 Å². The molecule has 1 aromatic heterocycles. The third kappa shape index (κ3) is 3.61. The molecule has 0 unspecified atom stereocenters. The SMILES string of the molecule is COc1ncc(C(=O)N2CCO[C@@H](c3ccc(Cl)c(Cl)c3)C2)cn1. The lowest BCUT2D eigenvalue weighted by Crippen LogP contribution is -2.42. The molecule has 6 nitrogen and oxygen atoms in total. The first-order valence-electron chi connectivity index (χ1n) is 7.30. The quantitative estimate of drug-likeness (QED) is 0.834. The Morgan fingerprint density at radius 3 is 2.71 bits per heavy atom. The Balaban J connectivity index is 1.74. The molecule has 1 atom stereocenters. The van der Waals surface area contributed by atoms with Gasteiger partial charge >= 0.3 is 6.01 Å². The maximum atomic E-state index is 12.6. The van der Waals surface area contributed by atoms with E-state index in [1.807, 2.05) is 6.07 Å². The first kappa shape index (κ1) is 17.0. The van der Waals surface area contributed by atoms with Crippen LogP contribution in [0.4, 0.5) is 0 Å². The highest BCUT2D eigenvalue weighted by molar-refractivity contribution is 6.42. The van der Waals surface area contributed by atoms with Gasteiger partial charge in [-0.3, -0.25) is 4.79 Å². The molecule has 24 heavy (non-hydrogen) atoms. The molecule has 1 saturated heterocycles. The number of ether oxygens (including phenoxy) is 2. The van der Waals surface area contributed by atoms with Crippen LogP contribution in [0, 0.1) is 0 Å². The van der Waals surface area contributed by atoms with Crippen molar-refractivity contribution in [1.29, 1.82) is 0 Å². The first-order chi connectivity index (χ1) is 11.6. The van der Waals surface area contributed by atoms with Crippen molar-refractivity contribution >= 4 is 29.1 Å². The summed E-state index contributed by atoms with van der Waals surface area (Å²) in [6, 6.07) is 5.56. The molecule has 0 bridgehead atoms. The molecule has 0 saturated carbocycles. The summed E-state index contributed by atoms with van der Waals surface area (Å²) in [5.74, 6) is -0.147. The molecule has 8 heteroatoms. The van der Waals surface area contributed by atoms with Gasteiger partial charge in [0.15, 0.2) is 0 Å². The third-order valence-electron chi connectivity index (χ3n) is 3.73. The molecule has 126 valence electrons. The molecule has 0 spiro atoms.